The van der Waals surface area contributed by atoms with Crippen LogP contribution in [0, 0.1) is 0 Å². The van der Waals surface area contributed by atoms with Gasteiger partial charge < -0.3 is 20.3 Å². The van der Waals surface area contributed by atoms with Gasteiger partial charge in [-0.05, 0) is 17.7 Å². The number of anilines is 2. The number of rotatable bonds is 6. The van der Waals surface area contributed by atoms with Crippen molar-refractivity contribution in [2.45, 2.75) is 6.54 Å². The largest absolute Gasteiger partial charge is 0.378 e. The van der Waals surface area contributed by atoms with E-state index in [2.05, 4.69) is 15.5 Å². The maximum Gasteiger partial charge on any atom is 0.238 e. The lowest BCUT2D eigenvalue weighted by Gasteiger charge is -2.30. The molecule has 1 fully saturated rings. The predicted octanol–water partition coefficient (Wildman–Crippen LogP) is 2.25. The quantitative estimate of drug-likeness (QED) is 0.855. The summed E-state index contributed by atoms with van der Waals surface area (Å²) in [7, 11) is 0. The highest BCUT2D eigenvalue weighted by molar-refractivity contribution is 5.95. The SMILES string of the molecule is O=C(CNCc1ccccc1)Nc1ccccc1N1CCOCC1. The van der Waals surface area contributed by atoms with Crippen molar-refractivity contribution in [2.75, 3.05) is 43.1 Å². The Morgan fingerprint density at radius 2 is 1.71 bits per heavy atom. The minimum Gasteiger partial charge on any atom is -0.378 e. The smallest absolute Gasteiger partial charge is 0.238 e. The molecule has 1 heterocycles. The summed E-state index contributed by atoms with van der Waals surface area (Å²) in [5.41, 5.74) is 3.07. The molecule has 5 heteroatoms. The molecule has 1 aliphatic heterocycles. The lowest BCUT2D eigenvalue weighted by molar-refractivity contribution is -0.115. The highest BCUT2D eigenvalue weighted by Crippen LogP contribution is 2.26. The van der Waals surface area contributed by atoms with Crippen molar-refractivity contribution in [2.24, 2.45) is 0 Å². The van der Waals surface area contributed by atoms with Crippen molar-refractivity contribution < 1.29 is 9.53 Å². The summed E-state index contributed by atoms with van der Waals surface area (Å²) in [5.74, 6) is -0.0355. The van der Waals surface area contributed by atoms with Crippen LogP contribution in [0.3, 0.4) is 0 Å². The summed E-state index contributed by atoms with van der Waals surface area (Å²) in [5, 5.41) is 6.19. The van der Waals surface area contributed by atoms with Crippen LogP contribution in [-0.4, -0.2) is 38.8 Å². The number of carbonyl (C=O) groups is 1. The van der Waals surface area contributed by atoms with Crippen LogP contribution in [0.25, 0.3) is 0 Å². The van der Waals surface area contributed by atoms with E-state index in [9.17, 15) is 4.79 Å². The maximum absolute atomic E-state index is 12.2. The van der Waals surface area contributed by atoms with E-state index >= 15 is 0 Å². The Kier molecular flexibility index (Phi) is 5.82. The van der Waals surface area contributed by atoms with Gasteiger partial charge in [0.2, 0.25) is 5.91 Å². The van der Waals surface area contributed by atoms with Crippen LogP contribution in [0.5, 0.6) is 0 Å². The molecule has 126 valence electrons. The van der Waals surface area contributed by atoms with Crippen molar-refractivity contribution in [3.05, 3.63) is 60.2 Å². The number of carbonyl (C=O) groups excluding carboxylic acids is 1. The number of ether oxygens (including phenoxy) is 1. The Balaban J connectivity index is 1.54. The van der Waals surface area contributed by atoms with Gasteiger partial charge in [0.15, 0.2) is 0 Å². The molecule has 1 aliphatic rings. The van der Waals surface area contributed by atoms with E-state index in [4.69, 9.17) is 4.74 Å². The Labute approximate surface area is 142 Å². The maximum atomic E-state index is 12.2. The molecular weight excluding hydrogens is 302 g/mol. The molecule has 0 aliphatic carbocycles. The minimum atomic E-state index is -0.0355. The van der Waals surface area contributed by atoms with E-state index < -0.39 is 0 Å². The number of nitrogens with zero attached hydrogens (tertiary/aromatic N) is 1. The molecule has 1 amide bonds. The Bertz CT molecular complexity index is 655. The van der Waals surface area contributed by atoms with Crippen molar-refractivity contribution in [1.82, 2.24) is 5.32 Å². The van der Waals surface area contributed by atoms with E-state index in [-0.39, 0.29) is 12.5 Å². The fraction of sp³-hybridized carbons (Fsp3) is 0.316. The Morgan fingerprint density at radius 3 is 2.50 bits per heavy atom. The van der Waals surface area contributed by atoms with Crippen LogP contribution in [0.15, 0.2) is 54.6 Å². The summed E-state index contributed by atoms with van der Waals surface area (Å²) in [4.78, 5) is 14.5. The molecule has 0 radical (unpaired) electrons. The summed E-state index contributed by atoms with van der Waals surface area (Å²) >= 11 is 0. The molecule has 5 nitrogen and oxygen atoms in total. The van der Waals surface area contributed by atoms with Gasteiger partial charge >= 0.3 is 0 Å². The first-order valence-electron chi connectivity index (χ1n) is 8.29. The summed E-state index contributed by atoms with van der Waals surface area (Å²) in [6.45, 7) is 4.10. The first-order chi connectivity index (χ1) is 11.8. The van der Waals surface area contributed by atoms with Crippen molar-refractivity contribution in [3.63, 3.8) is 0 Å². The van der Waals surface area contributed by atoms with Gasteiger partial charge in [0.25, 0.3) is 0 Å². The molecular formula is C19H23N3O2. The zero-order valence-electron chi connectivity index (χ0n) is 13.7. The van der Waals surface area contributed by atoms with Crippen LogP contribution in [0.1, 0.15) is 5.56 Å². The van der Waals surface area contributed by atoms with E-state index in [1.807, 2.05) is 54.6 Å². The molecule has 0 saturated carbocycles. The van der Waals surface area contributed by atoms with Crippen LogP contribution < -0.4 is 15.5 Å². The molecule has 1 saturated heterocycles. The molecule has 2 aromatic rings. The van der Waals surface area contributed by atoms with Crippen LogP contribution in [0.4, 0.5) is 11.4 Å². The van der Waals surface area contributed by atoms with Gasteiger partial charge in [-0.2, -0.15) is 0 Å². The Hall–Kier alpha value is -2.37. The minimum absolute atomic E-state index is 0.0355. The lowest BCUT2D eigenvalue weighted by atomic mass is 10.2. The van der Waals surface area contributed by atoms with Gasteiger partial charge in [0, 0.05) is 19.6 Å². The highest BCUT2D eigenvalue weighted by atomic mass is 16.5. The molecule has 3 rings (SSSR count). The van der Waals surface area contributed by atoms with Crippen molar-refractivity contribution in [1.29, 1.82) is 0 Å². The average Bonchev–Trinajstić information content (AvgIpc) is 2.64. The predicted molar refractivity (Wildman–Crippen MR) is 96.3 cm³/mol. The molecule has 0 atom stereocenters. The lowest BCUT2D eigenvalue weighted by Crippen LogP contribution is -2.37. The van der Waals surface area contributed by atoms with Gasteiger partial charge in [-0.15, -0.1) is 0 Å². The molecule has 0 unspecified atom stereocenters. The van der Waals surface area contributed by atoms with Gasteiger partial charge in [0.05, 0.1) is 31.1 Å². The number of para-hydroxylation sites is 2. The number of morpholine rings is 1. The number of nitrogens with one attached hydrogen (secondary N) is 2. The third-order valence-electron chi connectivity index (χ3n) is 3.99. The van der Waals surface area contributed by atoms with Crippen LogP contribution in [-0.2, 0) is 16.1 Å². The van der Waals surface area contributed by atoms with Gasteiger partial charge in [-0.3, -0.25) is 4.79 Å². The van der Waals surface area contributed by atoms with E-state index in [0.717, 1.165) is 37.7 Å². The number of benzene rings is 2. The normalized spacial score (nSPS) is 14.4. The monoisotopic (exact) mass is 325 g/mol. The van der Waals surface area contributed by atoms with E-state index in [1.165, 1.54) is 5.56 Å². The molecule has 2 aromatic carbocycles. The van der Waals surface area contributed by atoms with Crippen LogP contribution in [0.2, 0.25) is 0 Å². The number of amides is 1. The Morgan fingerprint density at radius 1 is 1.00 bits per heavy atom. The molecule has 2 N–H and O–H groups in total. The average molecular weight is 325 g/mol. The first kappa shape index (κ1) is 16.5. The topological polar surface area (TPSA) is 53.6 Å². The molecule has 24 heavy (non-hydrogen) atoms. The standard InChI is InChI=1S/C19H23N3O2/c23-19(15-20-14-16-6-2-1-3-7-16)21-17-8-4-5-9-18(17)22-10-12-24-13-11-22/h1-9,20H,10-15H2,(H,21,23). The third-order valence-corrected chi connectivity index (χ3v) is 3.99. The fourth-order valence-corrected chi connectivity index (χ4v) is 2.77. The second kappa shape index (κ2) is 8.47. The second-order valence-corrected chi connectivity index (χ2v) is 5.75. The van der Waals surface area contributed by atoms with Gasteiger partial charge in [-0.25, -0.2) is 0 Å². The van der Waals surface area contributed by atoms with Crippen molar-refractivity contribution in [3.8, 4) is 0 Å². The third kappa shape index (κ3) is 4.57. The highest BCUT2D eigenvalue weighted by Gasteiger charge is 2.15. The van der Waals surface area contributed by atoms with Crippen LogP contribution >= 0.6 is 0 Å². The molecule has 0 aromatic heterocycles. The zero-order chi connectivity index (χ0) is 16.6. The van der Waals surface area contributed by atoms with Crippen molar-refractivity contribution >= 4 is 17.3 Å². The first-order valence-corrected chi connectivity index (χ1v) is 8.29. The summed E-state index contributed by atoms with van der Waals surface area (Å²) < 4.78 is 5.40. The second-order valence-electron chi connectivity index (χ2n) is 5.75. The van der Waals surface area contributed by atoms with Gasteiger partial charge in [0.1, 0.15) is 0 Å². The summed E-state index contributed by atoms with van der Waals surface area (Å²) in [6.07, 6.45) is 0. The number of hydrogen-bond donors (Lipinski definition) is 2. The summed E-state index contributed by atoms with van der Waals surface area (Å²) in [6, 6.07) is 18.0. The zero-order valence-corrected chi connectivity index (χ0v) is 13.7. The fourth-order valence-electron chi connectivity index (χ4n) is 2.77. The van der Waals surface area contributed by atoms with E-state index in [0.29, 0.717) is 6.54 Å². The van der Waals surface area contributed by atoms with Gasteiger partial charge in [-0.1, -0.05) is 42.5 Å². The molecule has 0 spiro atoms. The number of hydrogen-bond acceptors (Lipinski definition) is 4. The molecule has 0 bridgehead atoms. The van der Waals surface area contributed by atoms with E-state index in [1.54, 1.807) is 0 Å².